The first-order valence-electron chi connectivity index (χ1n) is 9.76. The maximum atomic E-state index is 13.1. The summed E-state index contributed by atoms with van der Waals surface area (Å²) < 4.78 is 8.14. The second kappa shape index (κ2) is 8.75. The summed E-state index contributed by atoms with van der Waals surface area (Å²) in [5.74, 6) is -0.267. The molecule has 0 radical (unpaired) electrons. The molecule has 0 saturated carbocycles. The number of fused-ring (bicyclic) bond motifs is 1. The predicted octanol–water partition coefficient (Wildman–Crippen LogP) is 1.76. The number of hydrogen-bond donors (Lipinski definition) is 1. The monoisotopic (exact) mass is 413 g/mol. The van der Waals surface area contributed by atoms with Crippen molar-refractivity contribution in [1.29, 1.82) is 0 Å². The number of thiophene rings is 1. The molecule has 1 aromatic carbocycles. The van der Waals surface area contributed by atoms with Gasteiger partial charge in [0.2, 0.25) is 5.91 Å². The van der Waals surface area contributed by atoms with E-state index in [2.05, 4.69) is 5.32 Å². The Morgan fingerprint density at radius 1 is 1.17 bits per heavy atom. The molecule has 8 heteroatoms. The van der Waals surface area contributed by atoms with Gasteiger partial charge in [-0.05, 0) is 42.8 Å². The quantitative estimate of drug-likeness (QED) is 0.640. The van der Waals surface area contributed by atoms with Crippen LogP contribution in [0.25, 0.3) is 10.9 Å². The van der Waals surface area contributed by atoms with Gasteiger partial charge >= 0.3 is 5.69 Å². The Balaban J connectivity index is 1.61. The van der Waals surface area contributed by atoms with Crippen LogP contribution in [0.2, 0.25) is 0 Å². The number of ether oxygens (including phenoxy) is 1. The zero-order valence-electron chi connectivity index (χ0n) is 16.0. The van der Waals surface area contributed by atoms with E-state index in [0.717, 1.165) is 24.3 Å². The number of nitrogens with one attached hydrogen (secondary N) is 1. The average molecular weight is 413 g/mol. The van der Waals surface area contributed by atoms with E-state index in [-0.39, 0.29) is 30.7 Å². The average Bonchev–Trinajstić information content (AvgIpc) is 3.43. The van der Waals surface area contributed by atoms with Crippen LogP contribution in [0.15, 0.2) is 51.4 Å². The lowest BCUT2D eigenvalue weighted by atomic mass is 10.2. The number of aryl methyl sites for hydroxylation is 1. The molecule has 0 spiro atoms. The van der Waals surface area contributed by atoms with Crippen LogP contribution in [0.4, 0.5) is 0 Å². The maximum absolute atomic E-state index is 13.1. The highest BCUT2D eigenvalue weighted by atomic mass is 32.1. The van der Waals surface area contributed by atoms with Gasteiger partial charge < -0.3 is 10.1 Å². The van der Waals surface area contributed by atoms with Crippen molar-refractivity contribution in [3.63, 3.8) is 0 Å². The summed E-state index contributed by atoms with van der Waals surface area (Å²) >= 11 is 1.59. The first kappa shape index (κ1) is 19.6. The normalized spacial score (nSPS) is 16.3. The van der Waals surface area contributed by atoms with E-state index in [0.29, 0.717) is 23.9 Å². The molecule has 1 N–H and O–H groups in total. The van der Waals surface area contributed by atoms with E-state index in [1.165, 1.54) is 9.13 Å². The molecule has 4 rings (SSSR count). The highest BCUT2D eigenvalue weighted by Gasteiger charge is 2.18. The molecule has 1 unspecified atom stereocenters. The van der Waals surface area contributed by atoms with E-state index < -0.39 is 5.69 Å². The molecule has 2 aromatic heterocycles. The molecule has 1 fully saturated rings. The molecule has 1 atom stereocenters. The fourth-order valence-corrected chi connectivity index (χ4v) is 4.33. The summed E-state index contributed by atoms with van der Waals surface area (Å²) in [7, 11) is 0. The maximum Gasteiger partial charge on any atom is 0.331 e. The number of aromatic nitrogens is 2. The molecule has 1 amide bonds. The Kier molecular flexibility index (Phi) is 5.92. The van der Waals surface area contributed by atoms with Gasteiger partial charge in [0.1, 0.15) is 6.54 Å². The van der Waals surface area contributed by atoms with Crippen molar-refractivity contribution >= 4 is 28.1 Å². The van der Waals surface area contributed by atoms with Crippen LogP contribution in [-0.4, -0.2) is 34.3 Å². The lowest BCUT2D eigenvalue weighted by Crippen LogP contribution is -2.43. The zero-order chi connectivity index (χ0) is 20.2. The third-order valence-corrected chi connectivity index (χ3v) is 6.08. The van der Waals surface area contributed by atoms with Gasteiger partial charge in [-0.1, -0.05) is 18.2 Å². The third-order valence-electron chi connectivity index (χ3n) is 5.15. The molecular weight excluding hydrogens is 390 g/mol. The number of carbonyl (C=O) groups excluding carboxylic acids is 1. The van der Waals surface area contributed by atoms with Gasteiger partial charge in [0, 0.05) is 24.6 Å². The summed E-state index contributed by atoms with van der Waals surface area (Å²) in [6.07, 6.45) is 2.56. The van der Waals surface area contributed by atoms with Gasteiger partial charge in [-0.2, -0.15) is 0 Å². The Morgan fingerprint density at radius 3 is 2.79 bits per heavy atom. The van der Waals surface area contributed by atoms with Crippen LogP contribution in [0.3, 0.4) is 0 Å². The Bertz CT molecular complexity index is 1110. The second-order valence-corrected chi connectivity index (χ2v) is 8.14. The standard InChI is InChI=1S/C21H23N3O4S/c25-19(22-13-15-5-3-11-28-15)14-24-18-8-2-1-7-17(18)20(26)23(21(24)27)10-9-16-6-4-12-29-16/h1-2,4,6-8,12,15H,3,5,9-11,13-14H2,(H,22,25). The van der Waals surface area contributed by atoms with Crippen LogP contribution in [0, 0.1) is 0 Å². The van der Waals surface area contributed by atoms with Crippen molar-refractivity contribution in [3.05, 3.63) is 67.5 Å². The fraction of sp³-hybridized carbons (Fsp3) is 0.381. The van der Waals surface area contributed by atoms with Crippen LogP contribution < -0.4 is 16.6 Å². The van der Waals surface area contributed by atoms with E-state index >= 15 is 0 Å². The van der Waals surface area contributed by atoms with Crippen molar-refractivity contribution in [1.82, 2.24) is 14.5 Å². The number of para-hydroxylation sites is 1. The molecule has 29 heavy (non-hydrogen) atoms. The van der Waals surface area contributed by atoms with Crippen LogP contribution in [0.5, 0.6) is 0 Å². The summed E-state index contributed by atoms with van der Waals surface area (Å²) in [6, 6.07) is 10.8. The minimum Gasteiger partial charge on any atom is -0.376 e. The van der Waals surface area contributed by atoms with E-state index in [4.69, 9.17) is 4.74 Å². The molecule has 152 valence electrons. The number of amides is 1. The van der Waals surface area contributed by atoms with Crippen LogP contribution in [-0.2, 0) is 29.0 Å². The number of rotatable bonds is 7. The Hall–Kier alpha value is -2.71. The van der Waals surface area contributed by atoms with Crippen molar-refractivity contribution in [2.45, 2.75) is 38.5 Å². The highest BCUT2D eigenvalue weighted by molar-refractivity contribution is 7.09. The molecule has 7 nitrogen and oxygen atoms in total. The summed E-state index contributed by atoms with van der Waals surface area (Å²) in [5.41, 5.74) is -0.308. The summed E-state index contributed by atoms with van der Waals surface area (Å²) in [6.45, 7) is 1.30. The highest BCUT2D eigenvalue weighted by Crippen LogP contribution is 2.12. The molecular formula is C21H23N3O4S. The minimum absolute atomic E-state index is 0.0344. The van der Waals surface area contributed by atoms with Gasteiger partial charge in [0.25, 0.3) is 5.56 Å². The molecule has 0 bridgehead atoms. The van der Waals surface area contributed by atoms with Crippen molar-refractivity contribution in [2.24, 2.45) is 0 Å². The number of carbonyl (C=O) groups is 1. The first-order chi connectivity index (χ1) is 14.1. The molecule has 0 aliphatic carbocycles. The third kappa shape index (κ3) is 4.33. The summed E-state index contributed by atoms with van der Waals surface area (Å²) in [5, 5.41) is 5.25. The van der Waals surface area contributed by atoms with Crippen LogP contribution >= 0.6 is 11.3 Å². The number of hydrogen-bond acceptors (Lipinski definition) is 5. The van der Waals surface area contributed by atoms with E-state index in [1.54, 1.807) is 35.6 Å². The van der Waals surface area contributed by atoms with Crippen molar-refractivity contribution in [2.75, 3.05) is 13.2 Å². The van der Waals surface area contributed by atoms with E-state index in [1.807, 2.05) is 17.5 Å². The summed E-state index contributed by atoms with van der Waals surface area (Å²) in [4.78, 5) is 39.6. The Morgan fingerprint density at radius 2 is 2.03 bits per heavy atom. The van der Waals surface area contributed by atoms with Crippen molar-refractivity contribution < 1.29 is 9.53 Å². The van der Waals surface area contributed by atoms with Gasteiger partial charge in [-0.25, -0.2) is 4.79 Å². The second-order valence-electron chi connectivity index (χ2n) is 7.11. The smallest absolute Gasteiger partial charge is 0.331 e. The molecule has 3 heterocycles. The van der Waals surface area contributed by atoms with Gasteiger partial charge in [0.15, 0.2) is 0 Å². The largest absolute Gasteiger partial charge is 0.376 e. The lowest BCUT2D eigenvalue weighted by molar-refractivity contribution is -0.122. The zero-order valence-corrected chi connectivity index (χ0v) is 16.8. The predicted molar refractivity (Wildman–Crippen MR) is 112 cm³/mol. The molecule has 1 aliphatic heterocycles. The number of nitrogens with zero attached hydrogens (tertiary/aromatic N) is 2. The lowest BCUT2D eigenvalue weighted by Gasteiger charge is -2.15. The SMILES string of the molecule is O=C(Cn1c(=O)n(CCc2cccs2)c(=O)c2ccccc21)NCC1CCCO1. The fourth-order valence-electron chi connectivity index (χ4n) is 3.63. The van der Waals surface area contributed by atoms with Gasteiger partial charge in [0.05, 0.1) is 17.0 Å². The van der Waals surface area contributed by atoms with Crippen LogP contribution in [0.1, 0.15) is 17.7 Å². The molecule has 3 aromatic rings. The first-order valence-corrected chi connectivity index (χ1v) is 10.6. The Labute approximate surface area is 171 Å². The van der Waals surface area contributed by atoms with Gasteiger partial charge in [-0.15, -0.1) is 11.3 Å². The van der Waals surface area contributed by atoms with Crippen molar-refractivity contribution in [3.8, 4) is 0 Å². The number of benzene rings is 1. The minimum atomic E-state index is -0.461. The molecule has 1 saturated heterocycles. The topological polar surface area (TPSA) is 82.3 Å². The van der Waals surface area contributed by atoms with Gasteiger partial charge in [-0.3, -0.25) is 18.7 Å². The van der Waals surface area contributed by atoms with E-state index in [9.17, 15) is 14.4 Å². The molecule has 1 aliphatic rings.